The van der Waals surface area contributed by atoms with Gasteiger partial charge in [-0.3, -0.25) is 4.79 Å². The summed E-state index contributed by atoms with van der Waals surface area (Å²) in [7, 11) is 0. The Kier molecular flexibility index (Phi) is 3.56. The third-order valence-electron chi connectivity index (χ3n) is 2.73. The maximum absolute atomic E-state index is 11.2. The van der Waals surface area contributed by atoms with Gasteiger partial charge in [0.2, 0.25) is 5.91 Å². The summed E-state index contributed by atoms with van der Waals surface area (Å²) >= 11 is 0. The van der Waals surface area contributed by atoms with Gasteiger partial charge < -0.3 is 14.7 Å². The number of aromatic carboxylic acids is 1. The Morgan fingerprint density at radius 1 is 1.61 bits per heavy atom. The molecule has 8 nitrogen and oxygen atoms in total. The fourth-order valence-electron chi connectivity index (χ4n) is 1.81. The van der Waals surface area contributed by atoms with Crippen molar-refractivity contribution >= 4 is 11.9 Å². The van der Waals surface area contributed by atoms with Crippen molar-refractivity contribution in [2.45, 2.75) is 19.6 Å². The SMILES string of the molecule is CC(=O)N1CCOC(Cn2cc(C(=O)O)nn2)C1. The third kappa shape index (κ3) is 2.83. The van der Waals surface area contributed by atoms with Crippen LogP contribution in [0.2, 0.25) is 0 Å². The monoisotopic (exact) mass is 254 g/mol. The molecule has 1 N–H and O–H groups in total. The van der Waals surface area contributed by atoms with Gasteiger partial charge in [0.1, 0.15) is 0 Å². The summed E-state index contributed by atoms with van der Waals surface area (Å²) in [5.41, 5.74) is -0.103. The van der Waals surface area contributed by atoms with E-state index in [1.54, 1.807) is 4.90 Å². The lowest BCUT2D eigenvalue weighted by molar-refractivity contribution is -0.136. The highest BCUT2D eigenvalue weighted by Gasteiger charge is 2.23. The van der Waals surface area contributed by atoms with Crippen molar-refractivity contribution in [1.82, 2.24) is 19.9 Å². The fraction of sp³-hybridized carbons (Fsp3) is 0.600. The molecular weight excluding hydrogens is 240 g/mol. The van der Waals surface area contributed by atoms with Crippen molar-refractivity contribution in [2.24, 2.45) is 0 Å². The van der Waals surface area contributed by atoms with E-state index >= 15 is 0 Å². The summed E-state index contributed by atoms with van der Waals surface area (Å²) in [6, 6.07) is 0. The van der Waals surface area contributed by atoms with E-state index in [1.165, 1.54) is 17.8 Å². The molecule has 0 bridgehead atoms. The summed E-state index contributed by atoms with van der Waals surface area (Å²) in [4.78, 5) is 23.6. The number of carbonyl (C=O) groups excluding carboxylic acids is 1. The zero-order valence-corrected chi connectivity index (χ0v) is 9.94. The molecule has 0 saturated carbocycles. The quantitative estimate of drug-likeness (QED) is 0.760. The molecule has 8 heteroatoms. The number of morpholine rings is 1. The van der Waals surface area contributed by atoms with E-state index in [-0.39, 0.29) is 17.7 Å². The molecule has 1 atom stereocenters. The highest BCUT2D eigenvalue weighted by molar-refractivity contribution is 5.84. The summed E-state index contributed by atoms with van der Waals surface area (Å²) in [6.07, 6.45) is 1.16. The van der Waals surface area contributed by atoms with Crippen molar-refractivity contribution in [3.05, 3.63) is 11.9 Å². The first-order valence-corrected chi connectivity index (χ1v) is 5.57. The molecule has 1 aromatic heterocycles. The molecule has 1 saturated heterocycles. The van der Waals surface area contributed by atoms with Gasteiger partial charge in [-0.25, -0.2) is 9.48 Å². The maximum atomic E-state index is 11.2. The van der Waals surface area contributed by atoms with Crippen LogP contribution in [0.25, 0.3) is 0 Å². The van der Waals surface area contributed by atoms with Gasteiger partial charge in [-0.1, -0.05) is 5.21 Å². The van der Waals surface area contributed by atoms with Crippen LogP contribution < -0.4 is 0 Å². The van der Waals surface area contributed by atoms with Gasteiger partial charge in [0.15, 0.2) is 5.69 Å². The molecule has 1 amide bonds. The molecule has 1 aliphatic heterocycles. The number of hydrogen-bond donors (Lipinski definition) is 1. The lowest BCUT2D eigenvalue weighted by Gasteiger charge is -2.32. The summed E-state index contributed by atoms with van der Waals surface area (Å²) in [6.45, 7) is 3.44. The topological polar surface area (TPSA) is 97.5 Å². The highest BCUT2D eigenvalue weighted by atomic mass is 16.5. The van der Waals surface area contributed by atoms with E-state index in [2.05, 4.69) is 10.3 Å². The Bertz CT molecular complexity index is 458. The smallest absolute Gasteiger partial charge is 0.358 e. The molecule has 0 spiro atoms. The van der Waals surface area contributed by atoms with E-state index in [0.29, 0.717) is 26.2 Å². The van der Waals surface area contributed by atoms with Gasteiger partial charge in [0.25, 0.3) is 0 Å². The number of carboxylic acids is 1. The minimum absolute atomic E-state index is 0.00751. The minimum Gasteiger partial charge on any atom is -0.476 e. The second-order valence-corrected chi connectivity index (χ2v) is 4.09. The largest absolute Gasteiger partial charge is 0.476 e. The van der Waals surface area contributed by atoms with Crippen LogP contribution in [0.3, 0.4) is 0 Å². The van der Waals surface area contributed by atoms with Crippen LogP contribution in [0.1, 0.15) is 17.4 Å². The third-order valence-corrected chi connectivity index (χ3v) is 2.73. The molecule has 1 unspecified atom stereocenters. The lowest BCUT2D eigenvalue weighted by atomic mass is 10.2. The summed E-state index contributed by atoms with van der Waals surface area (Å²) in [5, 5.41) is 15.9. The van der Waals surface area contributed by atoms with Crippen LogP contribution >= 0.6 is 0 Å². The van der Waals surface area contributed by atoms with Crippen molar-refractivity contribution < 1.29 is 19.4 Å². The summed E-state index contributed by atoms with van der Waals surface area (Å²) in [5.74, 6) is -1.11. The van der Waals surface area contributed by atoms with E-state index < -0.39 is 5.97 Å². The van der Waals surface area contributed by atoms with Gasteiger partial charge in [-0.05, 0) is 0 Å². The average molecular weight is 254 g/mol. The molecule has 1 fully saturated rings. The Balaban J connectivity index is 1.96. The highest BCUT2D eigenvalue weighted by Crippen LogP contribution is 2.07. The second-order valence-electron chi connectivity index (χ2n) is 4.09. The van der Waals surface area contributed by atoms with E-state index in [9.17, 15) is 9.59 Å². The standard InChI is InChI=1S/C10H14N4O4/c1-7(15)13-2-3-18-8(4-13)5-14-6-9(10(16)17)11-12-14/h6,8H,2-5H2,1H3,(H,16,17). The number of amides is 1. The number of hydrogen-bond acceptors (Lipinski definition) is 5. The van der Waals surface area contributed by atoms with Gasteiger partial charge >= 0.3 is 5.97 Å². The van der Waals surface area contributed by atoms with Crippen LogP contribution in [0.15, 0.2) is 6.20 Å². The normalized spacial score (nSPS) is 19.8. The first-order valence-electron chi connectivity index (χ1n) is 5.57. The van der Waals surface area contributed by atoms with E-state index in [1.807, 2.05) is 0 Å². The average Bonchev–Trinajstić information content (AvgIpc) is 2.78. The first-order chi connectivity index (χ1) is 8.56. The number of carbonyl (C=O) groups is 2. The molecule has 98 valence electrons. The van der Waals surface area contributed by atoms with Crippen molar-refractivity contribution in [2.75, 3.05) is 19.7 Å². The Morgan fingerprint density at radius 3 is 3.00 bits per heavy atom. The summed E-state index contributed by atoms with van der Waals surface area (Å²) < 4.78 is 6.92. The zero-order valence-electron chi connectivity index (χ0n) is 9.94. The molecule has 2 heterocycles. The first kappa shape index (κ1) is 12.5. The van der Waals surface area contributed by atoms with Crippen LogP contribution in [-0.4, -0.2) is 62.7 Å². The number of aromatic nitrogens is 3. The van der Waals surface area contributed by atoms with Crippen molar-refractivity contribution in [3.63, 3.8) is 0 Å². The number of carboxylic acid groups (broad SMARTS) is 1. The minimum atomic E-state index is -1.11. The molecule has 0 aromatic carbocycles. The number of ether oxygens (including phenoxy) is 1. The van der Waals surface area contributed by atoms with Crippen molar-refractivity contribution in [1.29, 1.82) is 0 Å². The molecule has 0 aliphatic carbocycles. The fourth-order valence-corrected chi connectivity index (χ4v) is 1.81. The molecular formula is C10H14N4O4. The van der Waals surface area contributed by atoms with Gasteiger partial charge in [0, 0.05) is 20.0 Å². The lowest BCUT2D eigenvalue weighted by Crippen LogP contribution is -2.46. The zero-order chi connectivity index (χ0) is 13.1. The van der Waals surface area contributed by atoms with Crippen LogP contribution in [-0.2, 0) is 16.1 Å². The Hall–Kier alpha value is -1.96. The molecule has 1 aromatic rings. The van der Waals surface area contributed by atoms with Gasteiger partial charge in [-0.2, -0.15) is 0 Å². The Morgan fingerprint density at radius 2 is 2.39 bits per heavy atom. The second kappa shape index (κ2) is 5.13. The Labute approximate surface area is 103 Å². The number of rotatable bonds is 3. The predicted octanol–water partition coefficient (Wildman–Crippen LogP) is -0.776. The van der Waals surface area contributed by atoms with E-state index in [4.69, 9.17) is 9.84 Å². The molecule has 0 radical (unpaired) electrons. The predicted molar refractivity (Wildman–Crippen MR) is 59.0 cm³/mol. The van der Waals surface area contributed by atoms with Crippen LogP contribution in [0.5, 0.6) is 0 Å². The molecule has 1 aliphatic rings. The van der Waals surface area contributed by atoms with Crippen molar-refractivity contribution in [3.8, 4) is 0 Å². The molecule has 18 heavy (non-hydrogen) atoms. The molecule has 2 rings (SSSR count). The maximum Gasteiger partial charge on any atom is 0.358 e. The van der Waals surface area contributed by atoms with Crippen LogP contribution in [0.4, 0.5) is 0 Å². The van der Waals surface area contributed by atoms with E-state index in [0.717, 1.165) is 0 Å². The number of nitrogens with zero attached hydrogens (tertiary/aromatic N) is 4. The van der Waals surface area contributed by atoms with Gasteiger partial charge in [-0.15, -0.1) is 5.10 Å². The van der Waals surface area contributed by atoms with Gasteiger partial charge in [0.05, 0.1) is 25.5 Å². The van der Waals surface area contributed by atoms with Crippen LogP contribution in [0, 0.1) is 0 Å².